The summed E-state index contributed by atoms with van der Waals surface area (Å²) in [6.45, 7) is 5.56. The van der Waals surface area contributed by atoms with Gasteiger partial charge in [0.1, 0.15) is 0 Å². The Morgan fingerprint density at radius 2 is 2.22 bits per heavy atom. The maximum Gasteiger partial charge on any atom is 0.226 e. The van der Waals surface area contributed by atoms with Gasteiger partial charge in [-0.1, -0.05) is 19.0 Å². The van der Waals surface area contributed by atoms with Gasteiger partial charge in [0.2, 0.25) is 5.89 Å². The van der Waals surface area contributed by atoms with Gasteiger partial charge in [0.25, 0.3) is 0 Å². The van der Waals surface area contributed by atoms with Crippen LogP contribution in [0, 0.1) is 0 Å². The number of nitrogens with zero attached hydrogens (tertiary/aromatic N) is 2. The van der Waals surface area contributed by atoms with Crippen molar-refractivity contribution in [3.05, 3.63) is 11.7 Å². The predicted molar refractivity (Wildman–Crippen MR) is 78.3 cm³/mol. The molecule has 3 unspecified atom stereocenters. The smallest absolute Gasteiger partial charge is 0.226 e. The van der Waals surface area contributed by atoms with Crippen LogP contribution in [0.25, 0.3) is 0 Å². The van der Waals surface area contributed by atoms with Crippen LogP contribution >= 0.6 is 23.5 Å². The molecule has 18 heavy (non-hydrogen) atoms. The molecule has 2 heterocycles. The molecule has 1 saturated heterocycles. The van der Waals surface area contributed by atoms with Crippen molar-refractivity contribution in [1.29, 1.82) is 0 Å². The first-order chi connectivity index (χ1) is 8.70. The molecule has 1 aromatic rings. The first-order valence-corrected chi connectivity index (χ1v) is 8.44. The van der Waals surface area contributed by atoms with Gasteiger partial charge in [-0.15, -0.1) is 11.8 Å². The van der Waals surface area contributed by atoms with Gasteiger partial charge < -0.3 is 9.84 Å². The molecule has 0 spiro atoms. The Hall–Kier alpha value is -0.200. The molecule has 0 aliphatic carbocycles. The van der Waals surface area contributed by atoms with Crippen LogP contribution in [0.15, 0.2) is 4.52 Å². The summed E-state index contributed by atoms with van der Waals surface area (Å²) in [5.41, 5.74) is 0. The third-order valence-corrected chi connectivity index (χ3v) is 6.53. The molecule has 0 amide bonds. The fourth-order valence-corrected chi connectivity index (χ4v) is 4.67. The van der Waals surface area contributed by atoms with Gasteiger partial charge in [-0.25, -0.2) is 0 Å². The second-order valence-corrected chi connectivity index (χ2v) is 7.62. The Morgan fingerprint density at radius 3 is 2.94 bits per heavy atom. The van der Waals surface area contributed by atoms with Crippen molar-refractivity contribution in [1.82, 2.24) is 15.5 Å². The first kappa shape index (κ1) is 14.2. The van der Waals surface area contributed by atoms with Crippen LogP contribution in [0.1, 0.15) is 37.2 Å². The Kier molecular flexibility index (Phi) is 5.38. The Balaban J connectivity index is 1.89. The molecule has 0 radical (unpaired) electrons. The maximum absolute atomic E-state index is 5.32. The monoisotopic (exact) mass is 287 g/mol. The van der Waals surface area contributed by atoms with E-state index in [0.29, 0.717) is 15.7 Å². The number of hydrogen-bond acceptors (Lipinski definition) is 6. The van der Waals surface area contributed by atoms with Crippen LogP contribution in [0.2, 0.25) is 0 Å². The summed E-state index contributed by atoms with van der Waals surface area (Å²) in [5, 5.41) is 9.02. The molecule has 6 heteroatoms. The predicted octanol–water partition coefficient (Wildman–Crippen LogP) is 2.52. The lowest BCUT2D eigenvalue weighted by molar-refractivity contribution is 0.370. The molecule has 0 saturated carbocycles. The van der Waals surface area contributed by atoms with Crippen LogP contribution in [0.4, 0.5) is 0 Å². The maximum atomic E-state index is 5.32. The van der Waals surface area contributed by atoms with Gasteiger partial charge in [0.15, 0.2) is 5.82 Å². The van der Waals surface area contributed by atoms with Crippen molar-refractivity contribution in [3.63, 3.8) is 0 Å². The second kappa shape index (κ2) is 6.82. The van der Waals surface area contributed by atoms with Gasteiger partial charge in [-0.05, 0) is 20.0 Å². The highest BCUT2D eigenvalue weighted by molar-refractivity contribution is 8.07. The van der Waals surface area contributed by atoms with E-state index < -0.39 is 0 Å². The third-order valence-electron chi connectivity index (χ3n) is 3.14. The number of aryl methyl sites for hydroxylation is 1. The van der Waals surface area contributed by atoms with E-state index in [2.05, 4.69) is 29.3 Å². The average Bonchev–Trinajstić information content (AvgIpc) is 2.82. The van der Waals surface area contributed by atoms with Crippen LogP contribution in [0.3, 0.4) is 0 Å². The fraction of sp³-hybridized carbons (Fsp3) is 0.833. The molecular weight excluding hydrogens is 266 g/mol. The first-order valence-electron chi connectivity index (χ1n) is 6.45. The summed E-state index contributed by atoms with van der Waals surface area (Å²) in [7, 11) is 1.96. The zero-order valence-corrected chi connectivity index (χ0v) is 12.8. The number of aromatic nitrogens is 2. The normalized spacial score (nSPS) is 28.5. The highest BCUT2D eigenvalue weighted by Gasteiger charge is 2.29. The summed E-state index contributed by atoms with van der Waals surface area (Å²) < 4.78 is 5.32. The molecule has 1 aliphatic rings. The van der Waals surface area contributed by atoms with Crippen LogP contribution < -0.4 is 5.32 Å². The lowest BCUT2D eigenvalue weighted by Gasteiger charge is -2.29. The standard InChI is InChI=1S/C12H21N3OS2/c1-8-9(2)18-10(7-17-8)12-14-11(16-15-12)5-4-6-13-3/h8-10,13H,4-7H2,1-3H3. The minimum Gasteiger partial charge on any atom is -0.339 e. The molecule has 1 aromatic heterocycles. The van der Waals surface area contributed by atoms with Gasteiger partial charge >= 0.3 is 0 Å². The lowest BCUT2D eigenvalue weighted by atomic mass is 10.3. The van der Waals surface area contributed by atoms with Crippen LogP contribution in [0.5, 0.6) is 0 Å². The zero-order valence-electron chi connectivity index (χ0n) is 11.2. The molecule has 0 aromatic carbocycles. The van der Waals surface area contributed by atoms with Crippen molar-refractivity contribution in [2.75, 3.05) is 19.3 Å². The van der Waals surface area contributed by atoms with E-state index in [9.17, 15) is 0 Å². The Labute approximate surface area is 117 Å². The molecule has 4 nitrogen and oxygen atoms in total. The van der Waals surface area contributed by atoms with Gasteiger partial charge in [0, 0.05) is 22.7 Å². The van der Waals surface area contributed by atoms with Crippen LogP contribution in [-0.2, 0) is 6.42 Å². The number of hydrogen-bond donors (Lipinski definition) is 1. The van der Waals surface area contributed by atoms with Gasteiger partial charge in [0.05, 0.1) is 5.25 Å². The minimum atomic E-state index is 0.392. The van der Waals surface area contributed by atoms with E-state index in [0.717, 1.165) is 36.9 Å². The van der Waals surface area contributed by atoms with E-state index >= 15 is 0 Å². The zero-order chi connectivity index (χ0) is 13.0. The van der Waals surface area contributed by atoms with Gasteiger partial charge in [-0.3, -0.25) is 0 Å². The molecule has 1 fully saturated rings. The summed E-state index contributed by atoms with van der Waals surface area (Å²) in [5.74, 6) is 2.74. The lowest BCUT2D eigenvalue weighted by Crippen LogP contribution is -2.22. The average molecular weight is 287 g/mol. The second-order valence-electron chi connectivity index (χ2n) is 4.62. The minimum absolute atomic E-state index is 0.392. The number of nitrogens with one attached hydrogen (secondary N) is 1. The molecule has 2 rings (SSSR count). The summed E-state index contributed by atoms with van der Waals surface area (Å²) in [6, 6.07) is 0. The van der Waals surface area contributed by atoms with Crippen molar-refractivity contribution in [2.45, 2.75) is 42.4 Å². The fourth-order valence-electron chi connectivity index (χ4n) is 1.84. The summed E-state index contributed by atoms with van der Waals surface area (Å²) >= 11 is 3.98. The molecule has 102 valence electrons. The van der Waals surface area contributed by atoms with E-state index in [1.807, 2.05) is 30.6 Å². The SMILES string of the molecule is CNCCCc1nc(C2CSC(C)C(C)S2)no1. The topological polar surface area (TPSA) is 51.0 Å². The molecule has 1 N–H and O–H groups in total. The Morgan fingerprint density at radius 1 is 1.39 bits per heavy atom. The van der Waals surface area contributed by atoms with E-state index in [1.54, 1.807) is 0 Å². The van der Waals surface area contributed by atoms with Crippen molar-refractivity contribution >= 4 is 23.5 Å². The Bertz CT molecular complexity index is 372. The molecule has 1 aliphatic heterocycles. The van der Waals surface area contributed by atoms with E-state index in [-0.39, 0.29) is 0 Å². The highest BCUT2D eigenvalue weighted by atomic mass is 32.2. The third kappa shape index (κ3) is 3.65. The number of rotatable bonds is 5. The molecule has 0 bridgehead atoms. The van der Waals surface area contributed by atoms with Crippen molar-refractivity contribution in [3.8, 4) is 0 Å². The highest BCUT2D eigenvalue weighted by Crippen LogP contribution is 2.43. The van der Waals surface area contributed by atoms with Gasteiger partial charge in [-0.2, -0.15) is 16.7 Å². The van der Waals surface area contributed by atoms with Crippen molar-refractivity contribution in [2.24, 2.45) is 0 Å². The van der Waals surface area contributed by atoms with Crippen LogP contribution in [-0.4, -0.2) is 40.0 Å². The summed E-state index contributed by atoms with van der Waals surface area (Å²) in [4.78, 5) is 4.53. The number of thioether (sulfide) groups is 2. The molecular formula is C12H21N3OS2. The van der Waals surface area contributed by atoms with E-state index in [4.69, 9.17) is 4.52 Å². The largest absolute Gasteiger partial charge is 0.339 e. The van der Waals surface area contributed by atoms with E-state index in [1.165, 1.54) is 0 Å². The molecule has 3 atom stereocenters. The quantitative estimate of drug-likeness (QED) is 0.840. The summed E-state index contributed by atoms with van der Waals surface area (Å²) in [6.07, 6.45) is 1.91. The van der Waals surface area contributed by atoms with Crippen molar-refractivity contribution < 1.29 is 4.52 Å².